The molecule has 0 spiro atoms. The molecule has 1 aliphatic rings. The molecule has 0 saturated carbocycles. The van der Waals surface area contributed by atoms with Crippen LogP contribution in [0.4, 0.5) is 0 Å². The van der Waals surface area contributed by atoms with E-state index in [-0.39, 0.29) is 0 Å². The van der Waals surface area contributed by atoms with Crippen molar-refractivity contribution in [3.05, 3.63) is 23.8 Å². The molecule has 0 aromatic heterocycles. The van der Waals surface area contributed by atoms with Crippen LogP contribution in [0.15, 0.2) is 18.2 Å². The van der Waals surface area contributed by atoms with Crippen LogP contribution < -0.4 is 14.2 Å². The van der Waals surface area contributed by atoms with Crippen LogP contribution in [0, 0.1) is 5.92 Å². The van der Waals surface area contributed by atoms with Gasteiger partial charge in [-0.1, -0.05) is 6.07 Å². The number of benzene rings is 1. The summed E-state index contributed by atoms with van der Waals surface area (Å²) in [4.78, 5) is 2.33. The van der Waals surface area contributed by atoms with E-state index in [1.165, 1.54) is 6.26 Å². The molecular weight excluding hydrogens is 316 g/mol. The van der Waals surface area contributed by atoms with Gasteiger partial charge in [0.25, 0.3) is 0 Å². The summed E-state index contributed by atoms with van der Waals surface area (Å²) in [6, 6.07) is 5.78. The second-order valence-electron chi connectivity index (χ2n) is 6.01. The number of nitrogens with zero attached hydrogens (tertiary/aromatic N) is 1. The normalized spacial score (nSPS) is 19.5. The van der Waals surface area contributed by atoms with Crippen molar-refractivity contribution in [1.82, 2.24) is 9.62 Å². The summed E-state index contributed by atoms with van der Waals surface area (Å²) >= 11 is 0. The predicted molar refractivity (Wildman–Crippen MR) is 90.4 cm³/mol. The lowest BCUT2D eigenvalue weighted by Gasteiger charge is -2.33. The Labute approximate surface area is 138 Å². The van der Waals surface area contributed by atoms with Gasteiger partial charge in [0, 0.05) is 19.6 Å². The second-order valence-corrected chi connectivity index (χ2v) is 7.84. The molecule has 1 saturated heterocycles. The van der Waals surface area contributed by atoms with E-state index in [1.54, 1.807) is 14.2 Å². The van der Waals surface area contributed by atoms with Crippen LogP contribution in [0.25, 0.3) is 0 Å². The van der Waals surface area contributed by atoms with Crippen LogP contribution in [0.1, 0.15) is 18.4 Å². The molecule has 1 fully saturated rings. The summed E-state index contributed by atoms with van der Waals surface area (Å²) in [6.45, 7) is 3.10. The first-order valence-corrected chi connectivity index (χ1v) is 9.69. The third kappa shape index (κ3) is 5.37. The van der Waals surface area contributed by atoms with Crippen molar-refractivity contribution in [1.29, 1.82) is 0 Å². The Bertz CT molecular complexity index is 596. The first-order valence-electron chi connectivity index (χ1n) is 7.80. The largest absolute Gasteiger partial charge is 0.496 e. The van der Waals surface area contributed by atoms with E-state index >= 15 is 0 Å². The van der Waals surface area contributed by atoms with Crippen LogP contribution in [0.2, 0.25) is 0 Å². The molecule has 6 nitrogen and oxygen atoms in total. The van der Waals surface area contributed by atoms with E-state index in [1.807, 2.05) is 18.2 Å². The summed E-state index contributed by atoms with van der Waals surface area (Å²) in [5.41, 5.74) is 1.04. The van der Waals surface area contributed by atoms with E-state index in [0.29, 0.717) is 12.5 Å². The van der Waals surface area contributed by atoms with E-state index in [0.717, 1.165) is 49.5 Å². The summed E-state index contributed by atoms with van der Waals surface area (Å²) in [7, 11) is 0.190. The Morgan fingerprint density at radius 3 is 2.48 bits per heavy atom. The highest BCUT2D eigenvalue weighted by Gasteiger charge is 2.23. The summed E-state index contributed by atoms with van der Waals surface area (Å²) in [5, 5.41) is 0. The van der Waals surface area contributed by atoms with Gasteiger partial charge in [-0.25, -0.2) is 13.1 Å². The average molecular weight is 342 g/mol. The fourth-order valence-corrected chi connectivity index (χ4v) is 3.58. The summed E-state index contributed by atoms with van der Waals surface area (Å²) in [5.74, 6) is 1.97. The highest BCUT2D eigenvalue weighted by Crippen LogP contribution is 2.30. The highest BCUT2D eigenvalue weighted by molar-refractivity contribution is 7.88. The first kappa shape index (κ1) is 18.0. The molecule has 130 valence electrons. The van der Waals surface area contributed by atoms with Gasteiger partial charge in [0.15, 0.2) is 0 Å². The van der Waals surface area contributed by atoms with E-state index < -0.39 is 10.0 Å². The highest BCUT2D eigenvalue weighted by atomic mass is 32.2. The molecule has 1 heterocycles. The predicted octanol–water partition coefficient (Wildman–Crippen LogP) is 1.47. The average Bonchev–Trinajstić information content (AvgIpc) is 2.53. The Hall–Kier alpha value is -1.31. The molecule has 0 amide bonds. The number of hydrogen-bond acceptors (Lipinski definition) is 5. The molecular formula is C16H26N2O4S. The van der Waals surface area contributed by atoms with Gasteiger partial charge in [-0.2, -0.15) is 0 Å². The molecule has 0 radical (unpaired) electrons. The maximum atomic E-state index is 11.3. The number of ether oxygens (including phenoxy) is 2. The molecule has 0 aliphatic carbocycles. The number of nitrogens with one attached hydrogen (secondary N) is 1. The first-order chi connectivity index (χ1) is 10.9. The summed E-state index contributed by atoms with van der Waals surface area (Å²) in [6.07, 6.45) is 3.31. The molecule has 1 atom stereocenters. The molecule has 0 bridgehead atoms. The molecule has 1 aliphatic heterocycles. The van der Waals surface area contributed by atoms with Crippen LogP contribution >= 0.6 is 0 Å². The van der Waals surface area contributed by atoms with Gasteiger partial charge in [0.2, 0.25) is 10.0 Å². The number of hydrogen-bond donors (Lipinski definition) is 1. The fraction of sp³-hybridized carbons (Fsp3) is 0.625. The lowest BCUT2D eigenvalue weighted by Crippen LogP contribution is -2.40. The van der Waals surface area contributed by atoms with Crippen LogP contribution in [0.3, 0.4) is 0 Å². The molecule has 2 rings (SSSR count). The van der Waals surface area contributed by atoms with Crippen molar-refractivity contribution in [3.8, 4) is 11.5 Å². The quantitative estimate of drug-likeness (QED) is 0.813. The zero-order valence-corrected chi connectivity index (χ0v) is 14.9. The standard InChI is InChI=1S/C16H26N2O4S/c1-21-15-7-4-8-16(22-2)14(15)12-18-9-5-6-13(11-18)10-17-23(3,19)20/h4,7-8,13,17H,5-6,9-12H2,1-3H3/t13-/m1/s1. The van der Waals surface area contributed by atoms with Gasteiger partial charge in [-0.05, 0) is 37.4 Å². The van der Waals surface area contributed by atoms with Crippen molar-refractivity contribution in [2.24, 2.45) is 5.92 Å². The molecule has 23 heavy (non-hydrogen) atoms. The second kappa shape index (κ2) is 7.99. The Balaban J connectivity index is 2.03. The van der Waals surface area contributed by atoms with Crippen molar-refractivity contribution in [2.45, 2.75) is 19.4 Å². The molecule has 7 heteroatoms. The minimum atomic E-state index is -3.13. The van der Waals surface area contributed by atoms with E-state index in [4.69, 9.17) is 9.47 Å². The van der Waals surface area contributed by atoms with Crippen molar-refractivity contribution in [2.75, 3.05) is 40.1 Å². The molecule has 1 aromatic rings. The third-order valence-corrected chi connectivity index (χ3v) is 4.84. The molecule has 1 aromatic carbocycles. The van der Waals surface area contributed by atoms with Gasteiger partial charge >= 0.3 is 0 Å². The van der Waals surface area contributed by atoms with Gasteiger partial charge in [-0.3, -0.25) is 4.90 Å². The van der Waals surface area contributed by atoms with Crippen molar-refractivity contribution >= 4 is 10.0 Å². The maximum Gasteiger partial charge on any atom is 0.208 e. The van der Waals surface area contributed by atoms with Crippen molar-refractivity contribution in [3.63, 3.8) is 0 Å². The molecule has 1 N–H and O–H groups in total. The monoisotopic (exact) mass is 342 g/mol. The van der Waals surface area contributed by atoms with E-state index in [9.17, 15) is 8.42 Å². The zero-order chi connectivity index (χ0) is 16.9. The SMILES string of the molecule is COc1cccc(OC)c1CN1CCC[C@H](CNS(C)(=O)=O)C1. The number of methoxy groups -OCH3 is 2. The summed E-state index contributed by atoms with van der Waals surface area (Å²) < 4.78 is 36.0. The maximum absolute atomic E-state index is 11.3. The minimum absolute atomic E-state index is 0.333. The third-order valence-electron chi connectivity index (χ3n) is 4.15. The smallest absolute Gasteiger partial charge is 0.208 e. The van der Waals surface area contributed by atoms with Crippen LogP contribution in [0.5, 0.6) is 11.5 Å². The Kier molecular flexibility index (Phi) is 6.26. The lowest BCUT2D eigenvalue weighted by molar-refractivity contribution is 0.165. The zero-order valence-electron chi connectivity index (χ0n) is 14.0. The van der Waals surface area contributed by atoms with Crippen LogP contribution in [-0.4, -0.2) is 53.4 Å². The van der Waals surface area contributed by atoms with Gasteiger partial charge in [0.05, 0.1) is 26.0 Å². The fourth-order valence-electron chi connectivity index (χ4n) is 3.04. The molecule has 0 unspecified atom stereocenters. The number of likely N-dealkylation sites (tertiary alicyclic amines) is 1. The van der Waals surface area contributed by atoms with E-state index in [2.05, 4.69) is 9.62 Å². The number of sulfonamides is 1. The Morgan fingerprint density at radius 2 is 1.91 bits per heavy atom. The Morgan fingerprint density at radius 1 is 1.26 bits per heavy atom. The number of piperidine rings is 1. The van der Waals surface area contributed by atoms with Gasteiger partial charge in [-0.15, -0.1) is 0 Å². The van der Waals surface area contributed by atoms with Crippen molar-refractivity contribution < 1.29 is 17.9 Å². The van der Waals surface area contributed by atoms with Crippen LogP contribution in [-0.2, 0) is 16.6 Å². The topological polar surface area (TPSA) is 67.9 Å². The minimum Gasteiger partial charge on any atom is -0.496 e. The lowest BCUT2D eigenvalue weighted by atomic mass is 9.97. The van der Waals surface area contributed by atoms with Gasteiger partial charge in [0.1, 0.15) is 11.5 Å². The number of rotatable bonds is 7. The van der Waals surface area contributed by atoms with Gasteiger partial charge < -0.3 is 9.47 Å².